The van der Waals surface area contributed by atoms with Crippen LogP contribution in [0, 0.1) is 0 Å². The third-order valence-electron chi connectivity index (χ3n) is 0.357. The number of thiol groups is 1. The number of carbonyl (C=O) groups is 1. The van der Waals surface area contributed by atoms with Gasteiger partial charge in [0.05, 0.1) is 0 Å². The summed E-state index contributed by atoms with van der Waals surface area (Å²) in [6.45, 7) is 1.37. The number of carbonyl (C=O) groups excluding carboxylic acids is 1. The first-order valence-corrected chi connectivity index (χ1v) is 2.00. The van der Waals surface area contributed by atoms with Crippen molar-refractivity contribution < 1.29 is 9.90 Å². The molecule has 0 saturated heterocycles. The van der Waals surface area contributed by atoms with Crippen molar-refractivity contribution >= 4 is 69.1 Å². The molecule has 0 spiro atoms. The first kappa shape index (κ1) is 11.4. The molecule has 1 N–H and O–H groups in total. The number of hydrogen-bond acceptors (Lipinski definition) is 2. The molecule has 0 aromatic rings. The van der Waals surface area contributed by atoms with E-state index < -0.39 is 11.2 Å². The van der Waals surface area contributed by atoms with E-state index in [2.05, 4.69) is 12.6 Å². The topological polar surface area (TPSA) is 37.3 Å². The van der Waals surface area contributed by atoms with Gasteiger partial charge in [-0.2, -0.15) is 0 Å². The molecular weight excluding hydrogens is 139 g/mol. The van der Waals surface area contributed by atoms with E-state index in [0.717, 1.165) is 0 Å². The van der Waals surface area contributed by atoms with Crippen LogP contribution < -0.4 is 0 Å². The summed E-state index contributed by atoms with van der Waals surface area (Å²) in [7, 11) is 0. The molecule has 0 aliphatic heterocycles. The van der Waals surface area contributed by atoms with Crippen molar-refractivity contribution in [3.05, 3.63) is 0 Å². The van der Waals surface area contributed by atoms with Gasteiger partial charge in [-0.1, -0.05) is 0 Å². The molecule has 0 aromatic heterocycles. The second kappa shape index (κ2) is 5.75. The van der Waals surface area contributed by atoms with Crippen LogP contribution in [-0.4, -0.2) is 67.7 Å². The van der Waals surface area contributed by atoms with Crippen LogP contribution in [0.2, 0.25) is 0 Å². The Bertz CT molecular complexity index is 64.0. The molecule has 0 amide bonds. The molecule has 0 fully saturated rings. The fourth-order valence-corrected chi connectivity index (χ4v) is 0. The minimum absolute atomic E-state index is 0. The molecular formula is C3H7KO2S. The van der Waals surface area contributed by atoms with Crippen molar-refractivity contribution in [3.8, 4) is 0 Å². The van der Waals surface area contributed by atoms with E-state index >= 15 is 0 Å². The summed E-state index contributed by atoms with van der Waals surface area (Å²) in [6.07, 6.45) is -0.923. The predicted octanol–water partition coefficient (Wildman–Crippen LogP) is -0.825. The van der Waals surface area contributed by atoms with Crippen LogP contribution in [-0.2, 0) is 4.79 Å². The van der Waals surface area contributed by atoms with E-state index in [1.54, 1.807) is 0 Å². The van der Waals surface area contributed by atoms with Crippen molar-refractivity contribution in [2.75, 3.05) is 0 Å². The molecule has 0 bridgehead atoms. The molecule has 0 aliphatic rings. The molecule has 2 nitrogen and oxygen atoms in total. The first-order chi connectivity index (χ1) is 2.64. The Kier molecular flexibility index (Phi) is 9.38. The Hall–Kier alpha value is 1.62. The van der Waals surface area contributed by atoms with Crippen LogP contribution in [0.5, 0.6) is 0 Å². The Morgan fingerprint density at radius 1 is 1.86 bits per heavy atom. The zero-order valence-corrected chi connectivity index (χ0v) is 4.27. The van der Waals surface area contributed by atoms with E-state index in [1.165, 1.54) is 6.92 Å². The molecule has 38 valence electrons. The van der Waals surface area contributed by atoms with Gasteiger partial charge in [-0.25, -0.2) is 0 Å². The maximum atomic E-state index is 9.76. The molecule has 4 heteroatoms. The summed E-state index contributed by atoms with van der Waals surface area (Å²) in [5.41, 5.74) is 0. The van der Waals surface area contributed by atoms with Crippen LogP contribution in [0.3, 0.4) is 0 Å². The van der Waals surface area contributed by atoms with E-state index in [0.29, 0.717) is 0 Å². The quantitative estimate of drug-likeness (QED) is 0.374. The van der Waals surface area contributed by atoms with Crippen LogP contribution >= 0.6 is 12.6 Å². The van der Waals surface area contributed by atoms with Crippen molar-refractivity contribution in [1.29, 1.82) is 0 Å². The zero-order valence-electron chi connectivity index (χ0n) is 3.38. The summed E-state index contributed by atoms with van der Waals surface area (Å²) in [5.74, 6) is 0. The summed E-state index contributed by atoms with van der Waals surface area (Å²) < 4.78 is 0. The van der Waals surface area contributed by atoms with Gasteiger partial charge in [0.1, 0.15) is 6.10 Å². The van der Waals surface area contributed by atoms with Crippen LogP contribution in [0.4, 0.5) is 0 Å². The van der Waals surface area contributed by atoms with Gasteiger partial charge in [0.2, 0.25) is 5.12 Å². The Balaban J connectivity index is 0. The monoisotopic (exact) mass is 146 g/mol. The first-order valence-electron chi connectivity index (χ1n) is 1.55. The third kappa shape index (κ3) is 7.62. The van der Waals surface area contributed by atoms with Gasteiger partial charge in [0.15, 0.2) is 0 Å². The molecule has 0 heterocycles. The Morgan fingerprint density at radius 2 is 2.00 bits per heavy atom. The molecule has 7 heavy (non-hydrogen) atoms. The average molecular weight is 146 g/mol. The molecule has 0 radical (unpaired) electrons. The van der Waals surface area contributed by atoms with Crippen LogP contribution in [0.15, 0.2) is 0 Å². The minimum atomic E-state index is -0.923. The fourth-order valence-electron chi connectivity index (χ4n) is 0. The summed E-state index contributed by atoms with van der Waals surface area (Å²) in [6, 6.07) is 0. The predicted molar refractivity (Wildman–Crippen MR) is 32.8 cm³/mol. The van der Waals surface area contributed by atoms with Gasteiger partial charge in [-0.15, -0.1) is 12.6 Å². The van der Waals surface area contributed by atoms with Gasteiger partial charge in [0, 0.05) is 0 Å². The van der Waals surface area contributed by atoms with Crippen molar-refractivity contribution in [2.45, 2.75) is 13.0 Å². The normalized spacial score (nSPS) is 11.9. The van der Waals surface area contributed by atoms with E-state index in [-0.39, 0.29) is 51.4 Å². The third-order valence-corrected chi connectivity index (χ3v) is 0.731. The van der Waals surface area contributed by atoms with Crippen molar-refractivity contribution in [1.82, 2.24) is 0 Å². The number of hydrogen-bond donors (Lipinski definition) is 2. The van der Waals surface area contributed by atoms with Crippen molar-refractivity contribution in [2.24, 2.45) is 0 Å². The number of rotatable bonds is 1. The summed E-state index contributed by atoms with van der Waals surface area (Å²) >= 11 is 3.30. The van der Waals surface area contributed by atoms with Crippen molar-refractivity contribution in [3.63, 3.8) is 0 Å². The van der Waals surface area contributed by atoms with Crippen LogP contribution in [0.25, 0.3) is 0 Å². The molecule has 1 atom stereocenters. The van der Waals surface area contributed by atoms with Gasteiger partial charge < -0.3 is 5.11 Å². The summed E-state index contributed by atoms with van der Waals surface area (Å²) in [5, 5.41) is 7.71. The van der Waals surface area contributed by atoms with Gasteiger partial charge in [0.25, 0.3) is 0 Å². The molecule has 1 unspecified atom stereocenters. The Morgan fingerprint density at radius 3 is 2.00 bits per heavy atom. The second-order valence-corrected chi connectivity index (χ2v) is 1.45. The second-order valence-electron chi connectivity index (χ2n) is 1.01. The maximum absolute atomic E-state index is 9.76. The number of aliphatic hydroxyl groups excluding tert-OH is 1. The van der Waals surface area contributed by atoms with E-state index in [1.807, 2.05) is 0 Å². The van der Waals surface area contributed by atoms with Gasteiger partial charge in [-0.05, 0) is 6.92 Å². The van der Waals surface area contributed by atoms with E-state index in [4.69, 9.17) is 5.11 Å². The fraction of sp³-hybridized carbons (Fsp3) is 0.667. The standard InChI is InChI=1S/C3H6O2S.K.H/c1-2(4)3(5)6;;/h2,4H,1H3,(H,5,6);;. The average Bonchev–Trinajstić information content (AvgIpc) is 1.36. The Labute approximate surface area is 90.5 Å². The van der Waals surface area contributed by atoms with E-state index in [9.17, 15) is 4.79 Å². The molecule has 0 aromatic carbocycles. The van der Waals surface area contributed by atoms with Gasteiger partial charge >= 0.3 is 51.4 Å². The molecule has 0 aliphatic carbocycles. The zero-order chi connectivity index (χ0) is 5.15. The SMILES string of the molecule is CC(O)C(=O)S.[KH]. The molecule has 0 rings (SSSR count). The number of aliphatic hydroxyl groups is 1. The summed E-state index contributed by atoms with van der Waals surface area (Å²) in [4.78, 5) is 9.76. The van der Waals surface area contributed by atoms with Crippen LogP contribution in [0.1, 0.15) is 6.92 Å². The van der Waals surface area contributed by atoms with Gasteiger partial charge in [-0.3, -0.25) is 4.79 Å². The molecule has 0 saturated carbocycles.